The number of benzene rings is 2. The van der Waals surface area contributed by atoms with Gasteiger partial charge in [-0.15, -0.1) is 18.2 Å². The summed E-state index contributed by atoms with van der Waals surface area (Å²) in [6.45, 7) is 1.10. The van der Waals surface area contributed by atoms with Gasteiger partial charge in [0, 0.05) is 35.6 Å². The number of carbonyl (C=O) groups is 1. The van der Waals surface area contributed by atoms with Gasteiger partial charge in [-0.1, -0.05) is 12.0 Å². The zero-order chi connectivity index (χ0) is 22.8. The van der Waals surface area contributed by atoms with Gasteiger partial charge in [-0.05, 0) is 24.3 Å². The normalized spacial score (nSPS) is 10.5. The number of hydrogen-bond acceptors (Lipinski definition) is 8. The predicted molar refractivity (Wildman–Crippen MR) is 125 cm³/mol. The maximum Gasteiger partial charge on any atom is 0.313 e. The highest BCUT2D eigenvalue weighted by atomic mass is 32.2. The summed E-state index contributed by atoms with van der Waals surface area (Å²) in [5.74, 6) is 3.94. The number of rotatable bonds is 12. The molecule has 0 unspecified atom stereocenters. The number of aromatic nitrogens is 2. The van der Waals surface area contributed by atoms with E-state index in [1.165, 1.54) is 18.1 Å². The van der Waals surface area contributed by atoms with Crippen molar-refractivity contribution in [2.75, 3.05) is 43.8 Å². The van der Waals surface area contributed by atoms with Crippen LogP contribution in [0.2, 0.25) is 0 Å². The van der Waals surface area contributed by atoms with Crippen molar-refractivity contribution in [2.45, 2.75) is 0 Å². The van der Waals surface area contributed by atoms with Crippen molar-refractivity contribution in [3.05, 3.63) is 48.3 Å². The second-order valence-electron chi connectivity index (χ2n) is 6.52. The van der Waals surface area contributed by atoms with Crippen LogP contribution in [-0.2, 0) is 9.53 Å². The molecule has 0 saturated heterocycles. The van der Waals surface area contributed by atoms with E-state index in [1.54, 1.807) is 13.2 Å². The van der Waals surface area contributed by atoms with E-state index in [-0.39, 0.29) is 5.75 Å². The second-order valence-corrected chi connectivity index (χ2v) is 7.63. The maximum atomic E-state index is 10.7. The van der Waals surface area contributed by atoms with Crippen molar-refractivity contribution in [3.8, 4) is 23.8 Å². The summed E-state index contributed by atoms with van der Waals surface area (Å²) in [5, 5.41) is 12.8. The fourth-order valence-corrected chi connectivity index (χ4v) is 3.34. The van der Waals surface area contributed by atoms with Crippen LogP contribution in [0.25, 0.3) is 10.9 Å². The van der Waals surface area contributed by atoms with Crippen molar-refractivity contribution in [2.24, 2.45) is 0 Å². The molecular formula is C23H23N3O5S. The van der Waals surface area contributed by atoms with Crippen LogP contribution in [-0.4, -0.2) is 59.5 Å². The molecule has 0 aliphatic heterocycles. The molecule has 2 N–H and O–H groups in total. The Morgan fingerprint density at radius 1 is 1.16 bits per heavy atom. The topological polar surface area (TPSA) is 103 Å². The largest absolute Gasteiger partial charge is 0.489 e. The predicted octanol–water partition coefficient (Wildman–Crippen LogP) is 3.58. The summed E-state index contributed by atoms with van der Waals surface area (Å²) < 4.78 is 16.8. The van der Waals surface area contributed by atoms with Gasteiger partial charge in [0.1, 0.15) is 18.8 Å². The van der Waals surface area contributed by atoms with Gasteiger partial charge in [-0.25, -0.2) is 9.97 Å². The lowest BCUT2D eigenvalue weighted by Crippen LogP contribution is -2.08. The minimum Gasteiger partial charge on any atom is -0.489 e. The fourth-order valence-electron chi connectivity index (χ4n) is 2.82. The molecule has 1 heterocycles. The van der Waals surface area contributed by atoms with E-state index in [4.69, 9.17) is 25.7 Å². The number of aliphatic carboxylic acids is 1. The maximum absolute atomic E-state index is 10.7. The number of nitrogens with zero attached hydrogens (tertiary/aromatic N) is 2. The molecular weight excluding hydrogens is 430 g/mol. The molecule has 0 bridgehead atoms. The molecule has 1 aromatic heterocycles. The van der Waals surface area contributed by atoms with Crippen molar-refractivity contribution in [1.82, 2.24) is 9.97 Å². The smallest absolute Gasteiger partial charge is 0.313 e. The Morgan fingerprint density at radius 2 is 1.97 bits per heavy atom. The SMILES string of the molecule is C#Cc1cccc(Nc2ncnc3cc(OCCOC)c(OCCSCC(=O)O)cc23)c1. The average molecular weight is 454 g/mol. The first kappa shape index (κ1) is 23.2. The number of terminal acetylenes is 1. The Balaban J connectivity index is 1.87. The van der Waals surface area contributed by atoms with Crippen LogP contribution in [0.15, 0.2) is 42.7 Å². The van der Waals surface area contributed by atoms with Gasteiger partial charge in [0.25, 0.3) is 0 Å². The monoisotopic (exact) mass is 453 g/mol. The molecule has 0 aliphatic rings. The molecule has 0 amide bonds. The van der Waals surface area contributed by atoms with Crippen molar-refractivity contribution < 1.29 is 24.1 Å². The summed E-state index contributed by atoms with van der Waals surface area (Å²) >= 11 is 1.28. The van der Waals surface area contributed by atoms with E-state index in [0.717, 1.165) is 16.6 Å². The first-order chi connectivity index (χ1) is 15.6. The van der Waals surface area contributed by atoms with Gasteiger partial charge in [0.2, 0.25) is 0 Å². The van der Waals surface area contributed by atoms with Gasteiger partial charge < -0.3 is 24.6 Å². The highest BCUT2D eigenvalue weighted by Gasteiger charge is 2.13. The molecule has 2 aromatic carbocycles. The molecule has 0 saturated carbocycles. The van der Waals surface area contributed by atoms with Crippen LogP contribution in [0, 0.1) is 12.3 Å². The quantitative estimate of drug-likeness (QED) is 0.315. The molecule has 0 aliphatic carbocycles. The van der Waals surface area contributed by atoms with Gasteiger partial charge in [-0.3, -0.25) is 4.79 Å². The van der Waals surface area contributed by atoms with E-state index in [9.17, 15) is 4.79 Å². The van der Waals surface area contributed by atoms with E-state index in [0.29, 0.717) is 48.4 Å². The number of carboxylic acids is 1. The van der Waals surface area contributed by atoms with Crippen molar-refractivity contribution in [3.63, 3.8) is 0 Å². The Morgan fingerprint density at radius 3 is 2.75 bits per heavy atom. The molecule has 0 atom stereocenters. The Labute approximate surface area is 190 Å². The molecule has 8 nitrogen and oxygen atoms in total. The first-order valence-corrected chi connectivity index (χ1v) is 10.9. The lowest BCUT2D eigenvalue weighted by Gasteiger charge is -2.15. The molecule has 0 radical (unpaired) electrons. The second kappa shape index (κ2) is 11.8. The van der Waals surface area contributed by atoms with Crippen LogP contribution in [0.5, 0.6) is 11.5 Å². The van der Waals surface area contributed by atoms with Crippen LogP contribution in [0.1, 0.15) is 5.56 Å². The summed E-state index contributed by atoms with van der Waals surface area (Å²) in [6, 6.07) is 11.1. The average Bonchev–Trinajstić information content (AvgIpc) is 2.79. The number of ether oxygens (including phenoxy) is 3. The summed E-state index contributed by atoms with van der Waals surface area (Å²) in [7, 11) is 1.60. The van der Waals surface area contributed by atoms with Crippen LogP contribution < -0.4 is 14.8 Å². The first-order valence-electron chi connectivity index (χ1n) is 9.77. The molecule has 32 heavy (non-hydrogen) atoms. The van der Waals surface area contributed by atoms with E-state index < -0.39 is 5.97 Å². The van der Waals surface area contributed by atoms with Crippen LogP contribution >= 0.6 is 11.8 Å². The molecule has 9 heteroatoms. The zero-order valence-electron chi connectivity index (χ0n) is 17.5. The third-order valence-corrected chi connectivity index (χ3v) is 5.16. The summed E-state index contributed by atoms with van der Waals surface area (Å²) in [6.07, 6.45) is 6.97. The number of fused-ring (bicyclic) bond motifs is 1. The highest BCUT2D eigenvalue weighted by molar-refractivity contribution is 7.99. The Bertz CT molecular complexity index is 1120. The zero-order valence-corrected chi connectivity index (χ0v) is 18.4. The number of thioether (sulfide) groups is 1. The molecule has 3 aromatic rings. The minimum absolute atomic E-state index is 0.0247. The highest BCUT2D eigenvalue weighted by Crippen LogP contribution is 2.35. The standard InChI is InChI=1S/C23H23N3O5S/c1-3-16-5-4-6-17(11-16)26-23-18-12-20(31-9-10-32-14-22(27)28)21(30-8-7-29-2)13-19(18)24-15-25-23/h1,4-6,11-13,15H,7-10,14H2,2H3,(H,27,28)(H,24,25,26). The summed E-state index contributed by atoms with van der Waals surface area (Å²) in [5.41, 5.74) is 2.23. The van der Waals surface area contributed by atoms with Crippen LogP contribution in [0.4, 0.5) is 11.5 Å². The lowest BCUT2D eigenvalue weighted by molar-refractivity contribution is -0.133. The molecule has 0 spiro atoms. The lowest BCUT2D eigenvalue weighted by atomic mass is 10.2. The third-order valence-electron chi connectivity index (χ3n) is 4.25. The Hall–Kier alpha value is -3.48. The van der Waals surface area contributed by atoms with Gasteiger partial charge in [0.15, 0.2) is 11.5 Å². The van der Waals surface area contributed by atoms with E-state index >= 15 is 0 Å². The number of anilines is 2. The third kappa shape index (κ3) is 6.51. The van der Waals surface area contributed by atoms with E-state index in [2.05, 4.69) is 21.2 Å². The fraction of sp³-hybridized carbons (Fsp3) is 0.261. The van der Waals surface area contributed by atoms with Crippen LogP contribution in [0.3, 0.4) is 0 Å². The molecule has 0 fully saturated rings. The number of hydrogen-bond donors (Lipinski definition) is 2. The number of carboxylic acid groups (broad SMARTS) is 1. The number of methoxy groups -OCH3 is 1. The van der Waals surface area contributed by atoms with Gasteiger partial charge >= 0.3 is 5.97 Å². The molecule has 3 rings (SSSR count). The van der Waals surface area contributed by atoms with Gasteiger partial charge in [-0.2, -0.15) is 0 Å². The van der Waals surface area contributed by atoms with E-state index in [1.807, 2.05) is 30.3 Å². The molecule has 166 valence electrons. The number of nitrogens with one attached hydrogen (secondary N) is 1. The minimum atomic E-state index is -0.855. The van der Waals surface area contributed by atoms with Crippen molar-refractivity contribution in [1.29, 1.82) is 0 Å². The Kier molecular flexibility index (Phi) is 8.54. The summed E-state index contributed by atoms with van der Waals surface area (Å²) in [4.78, 5) is 19.4. The van der Waals surface area contributed by atoms with Gasteiger partial charge in [0.05, 0.1) is 24.5 Å². The van der Waals surface area contributed by atoms with Crippen molar-refractivity contribution >= 4 is 40.1 Å².